The molecule has 0 saturated carbocycles. The van der Waals surface area contributed by atoms with Crippen molar-refractivity contribution in [1.82, 2.24) is 14.9 Å². The molecule has 4 aromatic rings. The molecule has 0 bridgehead atoms. The van der Waals surface area contributed by atoms with Crippen LogP contribution < -0.4 is 5.32 Å². The van der Waals surface area contributed by atoms with Gasteiger partial charge in [0.1, 0.15) is 11.4 Å². The van der Waals surface area contributed by atoms with Crippen molar-refractivity contribution in [2.75, 3.05) is 25.6 Å². The smallest absolute Gasteiger partial charge is 0.249 e. The van der Waals surface area contributed by atoms with E-state index in [9.17, 15) is 4.79 Å². The van der Waals surface area contributed by atoms with E-state index in [0.717, 1.165) is 45.0 Å². The Hall–Kier alpha value is -2.81. The number of hydrogen-bond acceptors (Lipinski definition) is 7. The highest BCUT2D eigenvalue weighted by molar-refractivity contribution is 7.19. The molecular weight excluding hydrogens is 428 g/mol. The molecular formula is C23H22N4O2S2. The number of aromatic nitrogens is 2. The van der Waals surface area contributed by atoms with Crippen LogP contribution in [0.3, 0.4) is 0 Å². The zero-order valence-corrected chi connectivity index (χ0v) is 18.9. The first-order chi connectivity index (χ1) is 15.1. The molecule has 1 atom stereocenters. The van der Waals surface area contributed by atoms with Gasteiger partial charge in [0.25, 0.3) is 0 Å². The highest BCUT2D eigenvalue weighted by atomic mass is 32.1. The number of pyridine rings is 1. The van der Waals surface area contributed by atoms with Crippen LogP contribution in [0.15, 0.2) is 48.1 Å². The number of rotatable bonds is 5. The van der Waals surface area contributed by atoms with Gasteiger partial charge in [0.2, 0.25) is 5.91 Å². The number of nitrogens with zero attached hydrogens (tertiary/aromatic N) is 3. The fourth-order valence-electron chi connectivity index (χ4n) is 4.03. The predicted octanol–water partition coefficient (Wildman–Crippen LogP) is 5.30. The van der Waals surface area contributed by atoms with Crippen LogP contribution in [0.25, 0.3) is 26.0 Å². The molecule has 0 spiro atoms. The van der Waals surface area contributed by atoms with Crippen LogP contribution in [0.2, 0.25) is 0 Å². The number of anilines is 2. The molecule has 3 aromatic heterocycles. The van der Waals surface area contributed by atoms with E-state index in [1.165, 1.54) is 10.3 Å². The molecule has 1 N–H and O–H groups in total. The lowest BCUT2D eigenvalue weighted by Gasteiger charge is -2.33. The van der Waals surface area contributed by atoms with Gasteiger partial charge in [-0.2, -0.15) is 0 Å². The average molecular weight is 451 g/mol. The second-order valence-corrected chi connectivity index (χ2v) is 9.41. The molecule has 0 radical (unpaired) electrons. The maximum atomic E-state index is 12.4. The van der Waals surface area contributed by atoms with E-state index in [2.05, 4.69) is 52.5 Å². The minimum absolute atomic E-state index is 0.00736. The monoisotopic (exact) mass is 450 g/mol. The zero-order valence-electron chi connectivity index (χ0n) is 17.3. The number of carbonyl (C=O) groups excluding carboxylic acids is 1. The van der Waals surface area contributed by atoms with Crippen LogP contribution in [-0.2, 0) is 9.53 Å². The van der Waals surface area contributed by atoms with Gasteiger partial charge in [0.05, 0.1) is 27.5 Å². The summed E-state index contributed by atoms with van der Waals surface area (Å²) in [6.07, 6.45) is 4.92. The third kappa shape index (κ3) is 3.82. The molecule has 1 aliphatic heterocycles. The minimum Gasteiger partial charge on any atom is -0.375 e. The molecule has 1 unspecified atom stereocenters. The van der Waals surface area contributed by atoms with Crippen LogP contribution in [0.4, 0.5) is 11.4 Å². The van der Waals surface area contributed by atoms with Crippen LogP contribution in [0.5, 0.6) is 0 Å². The molecule has 31 heavy (non-hydrogen) atoms. The Labute approximate surface area is 188 Å². The van der Waals surface area contributed by atoms with Crippen LogP contribution in [0, 0.1) is 0 Å². The molecule has 4 heterocycles. The summed E-state index contributed by atoms with van der Waals surface area (Å²) in [6.45, 7) is 2.92. The van der Waals surface area contributed by atoms with E-state index in [-0.39, 0.29) is 18.6 Å². The second-order valence-electron chi connectivity index (χ2n) is 7.49. The predicted molar refractivity (Wildman–Crippen MR) is 128 cm³/mol. The van der Waals surface area contributed by atoms with Gasteiger partial charge in [0, 0.05) is 35.8 Å². The van der Waals surface area contributed by atoms with E-state index in [4.69, 9.17) is 4.74 Å². The molecule has 0 saturated heterocycles. The van der Waals surface area contributed by atoms with E-state index in [1.807, 2.05) is 22.7 Å². The molecule has 1 aromatic carbocycles. The fourth-order valence-corrected chi connectivity index (χ4v) is 5.83. The summed E-state index contributed by atoms with van der Waals surface area (Å²) in [6, 6.07) is 10.4. The van der Waals surface area contributed by atoms with Gasteiger partial charge in [-0.3, -0.25) is 4.79 Å². The molecule has 1 aliphatic rings. The number of thiophene rings is 1. The Morgan fingerprint density at radius 3 is 3.06 bits per heavy atom. The van der Waals surface area contributed by atoms with Crippen molar-refractivity contribution in [2.24, 2.45) is 0 Å². The number of amides is 1. The van der Waals surface area contributed by atoms with Gasteiger partial charge in [-0.15, -0.1) is 22.7 Å². The van der Waals surface area contributed by atoms with Gasteiger partial charge in [-0.05, 0) is 49.2 Å². The number of hydrogen-bond donors (Lipinski definition) is 1. The first kappa shape index (κ1) is 20.1. The summed E-state index contributed by atoms with van der Waals surface area (Å²) in [5, 5.41) is 4.61. The van der Waals surface area contributed by atoms with E-state index in [1.54, 1.807) is 29.8 Å². The average Bonchev–Trinajstić information content (AvgIpc) is 3.41. The lowest BCUT2D eigenvalue weighted by molar-refractivity contribution is -0.136. The summed E-state index contributed by atoms with van der Waals surface area (Å²) in [4.78, 5) is 25.5. The Morgan fingerprint density at radius 1 is 1.29 bits per heavy atom. The standard InChI is InChI=1S/C23H22N4O2S2/c1-14-16(4-3-9-27(14)22(28)12-29-2)21-11-17-18(7-8-24-23(17)31-21)26-15-5-6-20-19(10-15)25-13-30-20/h4-8,10-11,13-14H,3,9,12H2,1-2H3,(H,24,26). The normalized spacial score (nSPS) is 16.6. The van der Waals surface area contributed by atoms with Gasteiger partial charge in [-0.1, -0.05) is 6.08 Å². The molecule has 5 rings (SSSR count). The number of methoxy groups -OCH3 is 1. The van der Waals surface area contributed by atoms with Crippen LogP contribution in [-0.4, -0.2) is 47.1 Å². The molecule has 158 valence electrons. The number of ether oxygens (including phenoxy) is 1. The third-order valence-corrected chi connectivity index (χ3v) is 7.47. The molecule has 1 amide bonds. The van der Waals surface area contributed by atoms with Crippen molar-refractivity contribution < 1.29 is 9.53 Å². The quantitative estimate of drug-likeness (QED) is 0.447. The topological polar surface area (TPSA) is 67.3 Å². The van der Waals surface area contributed by atoms with Crippen LogP contribution in [0.1, 0.15) is 18.2 Å². The van der Waals surface area contributed by atoms with Crippen molar-refractivity contribution in [3.05, 3.63) is 53.0 Å². The number of benzene rings is 1. The van der Waals surface area contributed by atoms with Crippen LogP contribution >= 0.6 is 22.7 Å². The maximum absolute atomic E-state index is 12.4. The number of fused-ring (bicyclic) bond motifs is 2. The fraction of sp³-hybridized carbons (Fsp3) is 0.261. The zero-order chi connectivity index (χ0) is 21.4. The molecule has 8 heteroatoms. The molecule has 6 nitrogen and oxygen atoms in total. The van der Waals surface area contributed by atoms with Gasteiger partial charge >= 0.3 is 0 Å². The summed E-state index contributed by atoms with van der Waals surface area (Å²) >= 11 is 3.30. The minimum atomic E-state index is 0.00736. The third-order valence-electron chi connectivity index (χ3n) is 5.57. The molecule has 0 fully saturated rings. The Morgan fingerprint density at radius 2 is 2.19 bits per heavy atom. The Bertz CT molecular complexity index is 1290. The number of thiazole rings is 1. The van der Waals surface area contributed by atoms with Crippen molar-refractivity contribution in [3.63, 3.8) is 0 Å². The van der Waals surface area contributed by atoms with Crippen molar-refractivity contribution in [3.8, 4) is 0 Å². The first-order valence-electron chi connectivity index (χ1n) is 10.1. The SMILES string of the molecule is COCC(=O)N1CCC=C(c2cc3c(Nc4ccc5scnc5c4)ccnc3s2)C1C. The number of carbonyl (C=O) groups is 1. The summed E-state index contributed by atoms with van der Waals surface area (Å²) in [5.41, 5.74) is 6.05. The van der Waals surface area contributed by atoms with Gasteiger partial charge < -0.3 is 15.0 Å². The summed E-state index contributed by atoms with van der Waals surface area (Å²) in [7, 11) is 1.56. The van der Waals surface area contributed by atoms with E-state index < -0.39 is 0 Å². The van der Waals surface area contributed by atoms with Crippen molar-refractivity contribution in [2.45, 2.75) is 19.4 Å². The second kappa shape index (κ2) is 8.37. The summed E-state index contributed by atoms with van der Waals surface area (Å²) < 4.78 is 6.23. The highest BCUT2D eigenvalue weighted by Gasteiger charge is 2.27. The lowest BCUT2D eigenvalue weighted by Crippen LogP contribution is -2.43. The summed E-state index contributed by atoms with van der Waals surface area (Å²) in [5.74, 6) is 0.0274. The van der Waals surface area contributed by atoms with E-state index >= 15 is 0 Å². The van der Waals surface area contributed by atoms with Gasteiger partial charge in [0.15, 0.2) is 0 Å². The van der Waals surface area contributed by atoms with E-state index in [0.29, 0.717) is 0 Å². The highest BCUT2D eigenvalue weighted by Crippen LogP contribution is 2.38. The largest absolute Gasteiger partial charge is 0.375 e. The number of nitrogens with one attached hydrogen (secondary N) is 1. The lowest BCUT2D eigenvalue weighted by atomic mass is 9.99. The van der Waals surface area contributed by atoms with Crippen molar-refractivity contribution in [1.29, 1.82) is 0 Å². The Kier molecular flexibility index (Phi) is 5.43. The maximum Gasteiger partial charge on any atom is 0.249 e. The van der Waals surface area contributed by atoms with Gasteiger partial charge in [-0.25, -0.2) is 9.97 Å². The Balaban J connectivity index is 1.46. The molecule has 0 aliphatic carbocycles. The first-order valence-corrected chi connectivity index (χ1v) is 11.8. The van der Waals surface area contributed by atoms with Crippen molar-refractivity contribution >= 4 is 66.0 Å².